The molecule has 1 aromatic heterocycles. The second-order valence-electron chi connectivity index (χ2n) is 10.1. The molecule has 7 heteroatoms. The van der Waals surface area contributed by atoms with Crippen molar-refractivity contribution in [1.29, 1.82) is 0 Å². The van der Waals surface area contributed by atoms with Crippen LogP contribution >= 0.6 is 0 Å². The molecular weight excluding hydrogens is 438 g/mol. The lowest BCUT2D eigenvalue weighted by Crippen LogP contribution is -2.37. The number of carbonyl (C=O) groups is 1. The van der Waals surface area contributed by atoms with Crippen molar-refractivity contribution in [2.45, 2.75) is 64.0 Å². The predicted molar refractivity (Wildman–Crippen MR) is 136 cm³/mol. The molecule has 5 rings (SSSR count). The molecule has 0 bridgehead atoms. The molecule has 186 valence electrons. The van der Waals surface area contributed by atoms with Crippen molar-refractivity contribution < 1.29 is 9.53 Å². The number of rotatable bonds is 7. The summed E-state index contributed by atoms with van der Waals surface area (Å²) in [5, 5.41) is 0. The van der Waals surface area contributed by atoms with Gasteiger partial charge in [0.2, 0.25) is 0 Å². The number of hydrogen-bond acceptors (Lipinski definition) is 7. The van der Waals surface area contributed by atoms with Crippen molar-refractivity contribution in [2.75, 3.05) is 31.8 Å². The summed E-state index contributed by atoms with van der Waals surface area (Å²) in [7, 11) is 1.47. The Bertz CT molecular complexity index is 1020. The van der Waals surface area contributed by atoms with Crippen LogP contribution in [0, 0.1) is 5.92 Å². The summed E-state index contributed by atoms with van der Waals surface area (Å²) >= 11 is 0. The highest BCUT2D eigenvalue weighted by atomic mass is 16.5. The van der Waals surface area contributed by atoms with E-state index in [2.05, 4.69) is 57.4 Å². The van der Waals surface area contributed by atoms with E-state index >= 15 is 0 Å². The SMILES string of the molecule is COC(=O)CCC1CCC(N2C=CN(c3cnc4c(n3)CCN(Cc3ccccc3)CC4)C2)CC1. The lowest BCUT2D eigenvalue weighted by molar-refractivity contribution is -0.141. The summed E-state index contributed by atoms with van der Waals surface area (Å²) < 4.78 is 4.79. The fraction of sp³-hybridized carbons (Fsp3) is 0.536. The highest BCUT2D eigenvalue weighted by Gasteiger charge is 2.28. The maximum Gasteiger partial charge on any atom is 0.305 e. The van der Waals surface area contributed by atoms with Crippen LogP contribution in [0.5, 0.6) is 0 Å². The number of hydrogen-bond donors (Lipinski definition) is 0. The Balaban J connectivity index is 1.12. The van der Waals surface area contributed by atoms with E-state index in [0.717, 1.165) is 62.8 Å². The van der Waals surface area contributed by atoms with Crippen LogP contribution in [0.1, 0.15) is 55.5 Å². The van der Waals surface area contributed by atoms with Gasteiger partial charge in [-0.05, 0) is 43.6 Å². The molecule has 0 radical (unpaired) electrons. The number of nitrogens with zero attached hydrogens (tertiary/aromatic N) is 5. The zero-order valence-electron chi connectivity index (χ0n) is 20.8. The molecule has 1 saturated carbocycles. The number of carbonyl (C=O) groups excluding carboxylic acids is 1. The zero-order valence-corrected chi connectivity index (χ0v) is 20.8. The van der Waals surface area contributed by atoms with Gasteiger partial charge in [-0.1, -0.05) is 30.3 Å². The van der Waals surface area contributed by atoms with Crippen LogP contribution < -0.4 is 4.90 Å². The summed E-state index contributed by atoms with van der Waals surface area (Å²) in [6, 6.07) is 11.3. The normalized spacial score (nSPS) is 22.7. The van der Waals surface area contributed by atoms with Crippen LogP contribution in [0.15, 0.2) is 48.9 Å². The van der Waals surface area contributed by atoms with Gasteiger partial charge in [-0.25, -0.2) is 4.98 Å². The maximum atomic E-state index is 11.4. The summed E-state index contributed by atoms with van der Waals surface area (Å²) in [5.74, 6) is 1.51. The highest BCUT2D eigenvalue weighted by Crippen LogP contribution is 2.32. The third-order valence-electron chi connectivity index (χ3n) is 7.81. The molecule has 0 saturated heterocycles. The van der Waals surface area contributed by atoms with Gasteiger partial charge in [0.15, 0.2) is 5.82 Å². The highest BCUT2D eigenvalue weighted by molar-refractivity contribution is 5.69. The number of esters is 1. The number of methoxy groups -OCH3 is 1. The van der Waals surface area contributed by atoms with E-state index < -0.39 is 0 Å². The molecule has 1 aromatic carbocycles. The van der Waals surface area contributed by atoms with Gasteiger partial charge in [-0.3, -0.25) is 14.7 Å². The molecule has 3 aliphatic rings. The Morgan fingerprint density at radius 3 is 2.57 bits per heavy atom. The quantitative estimate of drug-likeness (QED) is 0.558. The van der Waals surface area contributed by atoms with Crippen molar-refractivity contribution in [3.63, 3.8) is 0 Å². The van der Waals surface area contributed by atoms with Gasteiger partial charge < -0.3 is 14.5 Å². The molecule has 0 atom stereocenters. The molecule has 3 heterocycles. The minimum atomic E-state index is -0.0870. The van der Waals surface area contributed by atoms with E-state index in [4.69, 9.17) is 14.7 Å². The molecule has 2 aliphatic heterocycles. The molecule has 0 unspecified atom stereocenters. The van der Waals surface area contributed by atoms with E-state index in [-0.39, 0.29) is 5.97 Å². The minimum absolute atomic E-state index is 0.0870. The zero-order chi connectivity index (χ0) is 24.0. The molecule has 0 spiro atoms. The first kappa shape index (κ1) is 23.8. The maximum absolute atomic E-state index is 11.4. The summed E-state index contributed by atoms with van der Waals surface area (Å²) in [6.07, 6.45) is 14.4. The lowest BCUT2D eigenvalue weighted by Gasteiger charge is -2.35. The van der Waals surface area contributed by atoms with Crippen LogP contribution in [-0.4, -0.2) is 58.6 Å². The van der Waals surface area contributed by atoms with Crippen molar-refractivity contribution in [3.8, 4) is 0 Å². The average molecular weight is 476 g/mol. The van der Waals surface area contributed by atoms with Gasteiger partial charge in [0.1, 0.15) is 0 Å². The number of ether oxygens (including phenoxy) is 1. The molecule has 0 amide bonds. The van der Waals surface area contributed by atoms with Gasteiger partial charge in [-0.15, -0.1) is 0 Å². The van der Waals surface area contributed by atoms with E-state index in [9.17, 15) is 4.79 Å². The predicted octanol–water partition coefficient (Wildman–Crippen LogP) is 4.14. The summed E-state index contributed by atoms with van der Waals surface area (Å²) in [6.45, 7) is 3.86. The van der Waals surface area contributed by atoms with Gasteiger partial charge >= 0.3 is 5.97 Å². The Morgan fingerprint density at radius 2 is 1.80 bits per heavy atom. The van der Waals surface area contributed by atoms with Gasteiger partial charge in [0.25, 0.3) is 0 Å². The van der Waals surface area contributed by atoms with Gasteiger partial charge in [0.05, 0.1) is 31.4 Å². The van der Waals surface area contributed by atoms with E-state index in [0.29, 0.717) is 18.4 Å². The number of benzene rings is 1. The first-order valence-corrected chi connectivity index (χ1v) is 13.1. The molecule has 1 fully saturated rings. The number of fused-ring (bicyclic) bond motifs is 1. The van der Waals surface area contributed by atoms with Crippen LogP contribution in [0.25, 0.3) is 0 Å². The van der Waals surface area contributed by atoms with E-state index in [1.165, 1.54) is 38.4 Å². The first-order chi connectivity index (χ1) is 17.2. The standard InChI is InChI=1S/C28H37N5O2/c1-35-28(34)12-9-22-7-10-24(11-8-22)32-17-18-33(21-32)27-19-29-25-13-15-31(16-14-26(25)30-27)20-23-5-3-2-4-6-23/h2-6,17-19,22,24H,7-16,20-21H2,1H3. The fourth-order valence-corrected chi connectivity index (χ4v) is 5.64. The minimum Gasteiger partial charge on any atom is -0.469 e. The van der Waals surface area contributed by atoms with Crippen molar-refractivity contribution in [2.24, 2.45) is 5.92 Å². The lowest BCUT2D eigenvalue weighted by atomic mass is 9.83. The van der Waals surface area contributed by atoms with Crippen molar-refractivity contribution in [1.82, 2.24) is 19.8 Å². The van der Waals surface area contributed by atoms with Crippen LogP contribution in [-0.2, 0) is 28.9 Å². The second kappa shape index (κ2) is 11.2. The Kier molecular flexibility index (Phi) is 7.62. The third kappa shape index (κ3) is 6.01. The van der Waals surface area contributed by atoms with Crippen LogP contribution in [0.4, 0.5) is 5.82 Å². The monoisotopic (exact) mass is 475 g/mol. The topological polar surface area (TPSA) is 61.8 Å². The van der Waals surface area contributed by atoms with E-state index in [1.54, 1.807) is 0 Å². The fourth-order valence-electron chi connectivity index (χ4n) is 5.64. The van der Waals surface area contributed by atoms with Crippen LogP contribution in [0.2, 0.25) is 0 Å². The smallest absolute Gasteiger partial charge is 0.305 e. The van der Waals surface area contributed by atoms with Gasteiger partial charge in [0, 0.05) is 57.3 Å². The van der Waals surface area contributed by atoms with Crippen molar-refractivity contribution >= 4 is 11.8 Å². The molecule has 0 N–H and O–H groups in total. The number of aromatic nitrogens is 2. The molecule has 35 heavy (non-hydrogen) atoms. The van der Waals surface area contributed by atoms with Crippen LogP contribution in [0.3, 0.4) is 0 Å². The summed E-state index contributed by atoms with van der Waals surface area (Å²) in [5.41, 5.74) is 3.66. The largest absolute Gasteiger partial charge is 0.469 e. The summed E-state index contributed by atoms with van der Waals surface area (Å²) in [4.78, 5) is 28.5. The van der Waals surface area contributed by atoms with E-state index in [1.807, 2.05) is 6.20 Å². The number of anilines is 1. The Hall–Kier alpha value is -2.93. The molecular formula is C28H37N5O2. The van der Waals surface area contributed by atoms with Gasteiger partial charge in [-0.2, -0.15) is 0 Å². The molecule has 1 aliphatic carbocycles. The Morgan fingerprint density at radius 1 is 1.03 bits per heavy atom. The first-order valence-electron chi connectivity index (χ1n) is 13.1. The molecule has 2 aromatic rings. The third-order valence-corrected chi connectivity index (χ3v) is 7.81. The Labute approximate surface area is 208 Å². The average Bonchev–Trinajstić information content (AvgIpc) is 3.32. The van der Waals surface area contributed by atoms with Crippen molar-refractivity contribution in [3.05, 3.63) is 65.9 Å². The second-order valence-corrected chi connectivity index (χ2v) is 10.1. The molecule has 7 nitrogen and oxygen atoms in total.